The molecule has 0 amide bonds. The van der Waals surface area contributed by atoms with Crippen LogP contribution in [0.5, 0.6) is 0 Å². The third-order valence-electron chi connectivity index (χ3n) is 3.46. The fourth-order valence-electron chi connectivity index (χ4n) is 2.44. The Morgan fingerprint density at radius 2 is 2.05 bits per heavy atom. The first-order valence-corrected chi connectivity index (χ1v) is 7.52. The van der Waals surface area contributed by atoms with Crippen molar-refractivity contribution in [3.05, 3.63) is 33.5 Å². The van der Waals surface area contributed by atoms with Crippen LogP contribution in [-0.4, -0.2) is 27.6 Å². The number of H-pyrrole nitrogens is 1. The highest BCUT2D eigenvalue weighted by atomic mass is 32.1. The summed E-state index contributed by atoms with van der Waals surface area (Å²) >= 11 is 1.36. The number of rotatable bonds is 3. The third kappa shape index (κ3) is 2.18. The smallest absolute Gasteiger partial charge is 0.330 e. The first-order valence-electron chi connectivity index (χ1n) is 6.70. The molecule has 0 unspecified atom stereocenters. The molecule has 0 radical (unpaired) electrons. The lowest BCUT2D eigenvalue weighted by atomic mass is 10.1. The molecular weight excluding hydrogens is 276 g/mol. The second kappa shape index (κ2) is 5.24. The number of allylic oxidation sites excluding steroid dienone is 1. The van der Waals surface area contributed by atoms with E-state index in [9.17, 15) is 9.59 Å². The minimum absolute atomic E-state index is 0.209. The van der Waals surface area contributed by atoms with Gasteiger partial charge in [0.2, 0.25) is 0 Å². The number of aromatic nitrogens is 3. The SMILES string of the molecule is C=CCn1c(=O)[nH]c2nc(N3CCCCC3)sc2c1=O. The topological polar surface area (TPSA) is 71.0 Å². The maximum atomic E-state index is 12.3. The summed E-state index contributed by atoms with van der Waals surface area (Å²) in [7, 11) is 0. The van der Waals surface area contributed by atoms with E-state index in [0.29, 0.717) is 10.3 Å². The molecule has 7 heteroatoms. The largest absolute Gasteiger partial charge is 0.348 e. The van der Waals surface area contributed by atoms with Gasteiger partial charge >= 0.3 is 5.69 Å². The second-order valence-electron chi connectivity index (χ2n) is 4.86. The van der Waals surface area contributed by atoms with Crippen molar-refractivity contribution in [2.24, 2.45) is 0 Å². The van der Waals surface area contributed by atoms with E-state index in [0.717, 1.165) is 35.6 Å². The summed E-state index contributed by atoms with van der Waals surface area (Å²) in [4.78, 5) is 33.4. The minimum atomic E-state index is -0.433. The Morgan fingerprint density at radius 3 is 2.75 bits per heavy atom. The van der Waals surface area contributed by atoms with Gasteiger partial charge in [-0.2, -0.15) is 0 Å². The number of fused-ring (bicyclic) bond motifs is 1. The van der Waals surface area contributed by atoms with Gasteiger partial charge in [0.1, 0.15) is 4.70 Å². The van der Waals surface area contributed by atoms with Crippen LogP contribution in [-0.2, 0) is 6.54 Å². The summed E-state index contributed by atoms with van der Waals surface area (Å²) in [5.74, 6) is 0. The van der Waals surface area contributed by atoms with Crippen LogP contribution >= 0.6 is 11.3 Å². The number of aromatic amines is 1. The highest BCUT2D eigenvalue weighted by Crippen LogP contribution is 2.27. The number of anilines is 1. The van der Waals surface area contributed by atoms with E-state index in [4.69, 9.17) is 0 Å². The van der Waals surface area contributed by atoms with Crippen molar-refractivity contribution in [3.8, 4) is 0 Å². The van der Waals surface area contributed by atoms with Crippen LogP contribution in [0.1, 0.15) is 19.3 Å². The number of hydrogen-bond acceptors (Lipinski definition) is 5. The van der Waals surface area contributed by atoms with Crippen LogP contribution in [0.4, 0.5) is 5.13 Å². The molecule has 1 N–H and O–H groups in total. The van der Waals surface area contributed by atoms with Gasteiger partial charge in [0, 0.05) is 19.6 Å². The normalized spacial score (nSPS) is 15.7. The third-order valence-corrected chi connectivity index (χ3v) is 4.57. The maximum Gasteiger partial charge on any atom is 0.330 e. The van der Waals surface area contributed by atoms with E-state index in [1.807, 2.05) is 0 Å². The van der Waals surface area contributed by atoms with Gasteiger partial charge in [0.05, 0.1) is 0 Å². The van der Waals surface area contributed by atoms with E-state index in [2.05, 4.69) is 21.4 Å². The number of piperidine rings is 1. The minimum Gasteiger partial charge on any atom is -0.348 e. The average molecular weight is 292 g/mol. The van der Waals surface area contributed by atoms with E-state index < -0.39 is 5.69 Å². The van der Waals surface area contributed by atoms with Gasteiger partial charge in [-0.15, -0.1) is 6.58 Å². The van der Waals surface area contributed by atoms with E-state index in [1.54, 1.807) is 0 Å². The van der Waals surface area contributed by atoms with Crippen LogP contribution < -0.4 is 16.1 Å². The molecule has 106 valence electrons. The van der Waals surface area contributed by atoms with Crippen LogP contribution in [0.3, 0.4) is 0 Å². The zero-order chi connectivity index (χ0) is 14.1. The highest BCUT2D eigenvalue weighted by Gasteiger charge is 2.18. The fraction of sp³-hybridized carbons (Fsp3) is 0.462. The predicted octanol–water partition coefficient (Wildman–Crippen LogP) is 1.32. The molecule has 1 aliphatic heterocycles. The Labute approximate surface area is 119 Å². The lowest BCUT2D eigenvalue weighted by molar-refractivity contribution is 0.577. The summed E-state index contributed by atoms with van der Waals surface area (Å²) in [6.45, 7) is 5.70. The van der Waals surface area contributed by atoms with Gasteiger partial charge in [-0.05, 0) is 19.3 Å². The molecule has 2 aromatic heterocycles. The van der Waals surface area contributed by atoms with Gasteiger partial charge in [0.15, 0.2) is 10.8 Å². The van der Waals surface area contributed by atoms with E-state index in [-0.39, 0.29) is 12.1 Å². The summed E-state index contributed by atoms with van der Waals surface area (Å²) in [5, 5.41) is 0.823. The fourth-order valence-corrected chi connectivity index (χ4v) is 3.46. The Morgan fingerprint density at radius 1 is 1.30 bits per heavy atom. The molecule has 3 heterocycles. The molecule has 0 bridgehead atoms. The number of thiazole rings is 1. The monoisotopic (exact) mass is 292 g/mol. The first-order chi connectivity index (χ1) is 9.70. The van der Waals surface area contributed by atoms with Crippen molar-refractivity contribution < 1.29 is 0 Å². The zero-order valence-electron chi connectivity index (χ0n) is 11.1. The second-order valence-corrected chi connectivity index (χ2v) is 5.83. The average Bonchev–Trinajstić information content (AvgIpc) is 2.88. The Bertz CT molecular complexity index is 752. The summed E-state index contributed by atoms with van der Waals surface area (Å²) in [5.41, 5.74) is -0.326. The lowest BCUT2D eigenvalue weighted by Crippen LogP contribution is -2.34. The molecule has 1 saturated heterocycles. The molecule has 0 spiro atoms. The highest BCUT2D eigenvalue weighted by molar-refractivity contribution is 7.22. The standard InChI is InChI=1S/C13H16N4O2S/c1-2-6-17-11(18)9-10(14-12(17)19)15-13(20-9)16-7-4-3-5-8-16/h2H,1,3-8H2,(H,14,19). The summed E-state index contributed by atoms with van der Waals surface area (Å²) in [6.07, 6.45) is 5.07. The van der Waals surface area contributed by atoms with Crippen LogP contribution in [0.2, 0.25) is 0 Å². The van der Waals surface area contributed by atoms with Crippen molar-refractivity contribution in [2.45, 2.75) is 25.8 Å². The molecule has 20 heavy (non-hydrogen) atoms. The Balaban J connectivity index is 2.11. The summed E-state index contributed by atoms with van der Waals surface area (Å²) in [6, 6.07) is 0. The maximum absolute atomic E-state index is 12.3. The lowest BCUT2D eigenvalue weighted by Gasteiger charge is -2.25. The van der Waals surface area contributed by atoms with Crippen molar-refractivity contribution in [2.75, 3.05) is 18.0 Å². The van der Waals surface area contributed by atoms with Gasteiger partial charge in [0.25, 0.3) is 5.56 Å². The van der Waals surface area contributed by atoms with Gasteiger partial charge in [-0.25, -0.2) is 9.78 Å². The molecule has 0 aliphatic carbocycles. The predicted molar refractivity (Wildman–Crippen MR) is 80.8 cm³/mol. The van der Waals surface area contributed by atoms with Gasteiger partial charge < -0.3 is 4.90 Å². The van der Waals surface area contributed by atoms with E-state index >= 15 is 0 Å². The molecule has 3 rings (SSSR count). The quantitative estimate of drug-likeness (QED) is 0.866. The molecule has 0 atom stereocenters. The van der Waals surface area contributed by atoms with E-state index in [1.165, 1.54) is 23.8 Å². The summed E-state index contributed by atoms with van der Waals surface area (Å²) < 4.78 is 1.65. The molecule has 1 aliphatic rings. The Kier molecular flexibility index (Phi) is 3.43. The number of nitrogens with one attached hydrogen (secondary N) is 1. The number of nitrogens with zero attached hydrogens (tertiary/aromatic N) is 3. The van der Waals surface area contributed by atoms with Crippen molar-refractivity contribution >= 4 is 26.8 Å². The van der Waals surface area contributed by atoms with Gasteiger partial charge in [-0.3, -0.25) is 14.3 Å². The molecule has 2 aromatic rings. The van der Waals surface area contributed by atoms with Crippen molar-refractivity contribution in [1.82, 2.24) is 14.5 Å². The molecular formula is C13H16N4O2S. The number of hydrogen-bond donors (Lipinski definition) is 1. The van der Waals surface area contributed by atoms with Crippen LogP contribution in [0.25, 0.3) is 10.3 Å². The Hall–Kier alpha value is -1.89. The van der Waals surface area contributed by atoms with Crippen LogP contribution in [0, 0.1) is 0 Å². The van der Waals surface area contributed by atoms with Crippen LogP contribution in [0.15, 0.2) is 22.2 Å². The van der Waals surface area contributed by atoms with Crippen molar-refractivity contribution in [3.63, 3.8) is 0 Å². The first kappa shape index (κ1) is 13.1. The molecule has 6 nitrogen and oxygen atoms in total. The van der Waals surface area contributed by atoms with Crippen molar-refractivity contribution in [1.29, 1.82) is 0 Å². The van der Waals surface area contributed by atoms with Gasteiger partial charge in [-0.1, -0.05) is 17.4 Å². The molecule has 0 saturated carbocycles. The zero-order valence-corrected chi connectivity index (χ0v) is 11.9. The molecule has 1 fully saturated rings. The molecule has 0 aromatic carbocycles.